The minimum Gasteiger partial charge on any atom is -0.0616 e. The lowest BCUT2D eigenvalue weighted by atomic mass is 9.80. The van der Waals surface area contributed by atoms with Gasteiger partial charge >= 0.3 is 0 Å². The highest BCUT2D eigenvalue weighted by Crippen LogP contribution is 2.51. The first kappa shape index (κ1) is 28.1. The molecule has 10 rings (SSSR count). The lowest BCUT2D eigenvalue weighted by molar-refractivity contribution is 0.661. The van der Waals surface area contributed by atoms with Crippen molar-refractivity contribution in [2.45, 2.75) is 19.3 Å². The van der Waals surface area contributed by atoms with Crippen molar-refractivity contribution in [3.8, 4) is 44.5 Å². The van der Waals surface area contributed by atoms with Crippen LogP contribution in [0.1, 0.15) is 25.0 Å². The van der Waals surface area contributed by atoms with Crippen LogP contribution in [-0.4, -0.2) is 0 Å². The molecule has 0 spiro atoms. The minimum absolute atomic E-state index is 0.136. The Hall–Kier alpha value is -5.98. The monoisotopic (exact) mass is 622 g/mol. The predicted octanol–water partition coefficient (Wildman–Crippen LogP) is 13.6. The van der Waals surface area contributed by atoms with Gasteiger partial charge in [0.1, 0.15) is 0 Å². The van der Waals surface area contributed by atoms with Gasteiger partial charge in [-0.3, -0.25) is 0 Å². The molecule has 0 amide bonds. The van der Waals surface area contributed by atoms with E-state index in [4.69, 9.17) is 0 Å². The van der Waals surface area contributed by atoms with E-state index < -0.39 is 0 Å². The maximum Gasteiger partial charge on any atom is 0.0159 e. The molecule has 0 bridgehead atoms. The molecular weight excluding hydrogens is 589 g/mol. The number of fused-ring (bicyclic) bond motifs is 8. The first-order valence-corrected chi connectivity index (χ1v) is 17.3. The Bertz CT molecular complexity index is 2790. The van der Waals surface area contributed by atoms with E-state index in [-0.39, 0.29) is 5.41 Å². The zero-order valence-electron chi connectivity index (χ0n) is 27.7. The van der Waals surface area contributed by atoms with Crippen LogP contribution in [0.2, 0.25) is 0 Å². The van der Waals surface area contributed by atoms with E-state index in [1.165, 1.54) is 98.7 Å². The van der Waals surface area contributed by atoms with Crippen molar-refractivity contribution in [1.29, 1.82) is 0 Å². The fourth-order valence-corrected chi connectivity index (χ4v) is 8.55. The van der Waals surface area contributed by atoms with Gasteiger partial charge in [-0.15, -0.1) is 0 Å². The van der Waals surface area contributed by atoms with E-state index in [0.717, 1.165) is 0 Å². The summed E-state index contributed by atoms with van der Waals surface area (Å²) in [4.78, 5) is 0. The van der Waals surface area contributed by atoms with Gasteiger partial charge in [0.25, 0.3) is 0 Å². The van der Waals surface area contributed by atoms with Gasteiger partial charge in [0, 0.05) is 5.41 Å². The maximum atomic E-state index is 2.47. The normalized spacial score (nSPS) is 13.3. The molecule has 0 fully saturated rings. The van der Waals surface area contributed by atoms with Crippen molar-refractivity contribution in [3.63, 3.8) is 0 Å². The van der Waals surface area contributed by atoms with E-state index in [2.05, 4.69) is 184 Å². The van der Waals surface area contributed by atoms with Gasteiger partial charge in [-0.2, -0.15) is 0 Å². The highest BCUT2D eigenvalue weighted by molar-refractivity contribution is 6.15. The molecule has 0 atom stereocenters. The summed E-state index contributed by atoms with van der Waals surface area (Å²) < 4.78 is 0. The Balaban J connectivity index is 1.14. The summed E-state index contributed by atoms with van der Waals surface area (Å²) >= 11 is 0. The van der Waals surface area contributed by atoms with Crippen molar-refractivity contribution < 1.29 is 0 Å². The summed E-state index contributed by atoms with van der Waals surface area (Å²) in [6, 6.07) is 63.2. The summed E-state index contributed by atoms with van der Waals surface area (Å²) in [5.41, 5.74) is 13.0. The number of benzene rings is 9. The lowest BCUT2D eigenvalue weighted by Gasteiger charge is -2.23. The van der Waals surface area contributed by atoms with E-state index in [0.29, 0.717) is 0 Å². The molecule has 1 aliphatic rings. The molecule has 230 valence electrons. The van der Waals surface area contributed by atoms with E-state index >= 15 is 0 Å². The standard InChI is InChI=1S/C49H34/c1-49(2)47-29-34(38-21-11-15-31-12-3-6-16-37(31)38)22-24-43(47)44-25-23-35(30-48(44)49)45-28-36(26-32-13-4-8-18-40(32)45)46-27-33-14-5-7-17-39(33)41-19-9-10-20-42(41)46/h3-30H,1-2H3. The van der Waals surface area contributed by atoms with Gasteiger partial charge in [-0.05, 0) is 129 Å². The molecule has 0 aliphatic heterocycles. The molecule has 9 aromatic carbocycles. The molecule has 0 N–H and O–H groups in total. The van der Waals surface area contributed by atoms with Crippen LogP contribution >= 0.6 is 0 Å². The molecular formula is C49H34. The SMILES string of the molecule is CC1(C)c2cc(-c3cccc4ccccc34)ccc2-c2ccc(-c3cc(-c4cc5ccccc5c5ccccc45)cc4ccccc34)cc21. The van der Waals surface area contributed by atoms with Crippen LogP contribution in [0.5, 0.6) is 0 Å². The Morgan fingerprint density at radius 3 is 1.47 bits per heavy atom. The molecule has 9 aromatic rings. The fraction of sp³-hybridized carbons (Fsp3) is 0.0612. The zero-order valence-corrected chi connectivity index (χ0v) is 27.7. The zero-order chi connectivity index (χ0) is 32.7. The highest BCUT2D eigenvalue weighted by Gasteiger charge is 2.36. The summed E-state index contributed by atoms with van der Waals surface area (Å²) in [5, 5.41) is 10.3. The molecule has 1 aliphatic carbocycles. The third-order valence-electron chi connectivity index (χ3n) is 11.0. The van der Waals surface area contributed by atoms with Crippen LogP contribution in [0.4, 0.5) is 0 Å². The third-order valence-corrected chi connectivity index (χ3v) is 11.0. The van der Waals surface area contributed by atoms with Gasteiger partial charge in [0.05, 0.1) is 0 Å². The molecule has 0 aromatic heterocycles. The lowest BCUT2D eigenvalue weighted by Crippen LogP contribution is -2.15. The Morgan fingerprint density at radius 1 is 0.286 bits per heavy atom. The van der Waals surface area contributed by atoms with E-state index in [9.17, 15) is 0 Å². The molecule has 0 saturated heterocycles. The molecule has 0 radical (unpaired) electrons. The molecule has 0 nitrogen and oxygen atoms in total. The minimum atomic E-state index is -0.136. The van der Waals surface area contributed by atoms with Crippen LogP contribution < -0.4 is 0 Å². The van der Waals surface area contributed by atoms with E-state index in [1.807, 2.05) is 0 Å². The molecule has 0 heterocycles. The first-order valence-electron chi connectivity index (χ1n) is 17.3. The summed E-state index contributed by atoms with van der Waals surface area (Å²) in [6.07, 6.45) is 0. The summed E-state index contributed by atoms with van der Waals surface area (Å²) in [7, 11) is 0. The largest absolute Gasteiger partial charge is 0.0616 e. The maximum absolute atomic E-state index is 2.47. The number of hydrogen-bond acceptors (Lipinski definition) is 0. The van der Waals surface area contributed by atoms with Crippen LogP contribution in [0, 0.1) is 0 Å². The van der Waals surface area contributed by atoms with Crippen molar-refractivity contribution in [2.24, 2.45) is 0 Å². The van der Waals surface area contributed by atoms with Crippen LogP contribution in [-0.2, 0) is 5.41 Å². The highest BCUT2D eigenvalue weighted by atomic mass is 14.4. The average Bonchev–Trinajstić information content (AvgIpc) is 3.38. The summed E-state index contributed by atoms with van der Waals surface area (Å²) in [6.45, 7) is 4.79. The smallest absolute Gasteiger partial charge is 0.0159 e. The second-order valence-corrected chi connectivity index (χ2v) is 14.1. The van der Waals surface area contributed by atoms with Gasteiger partial charge in [-0.1, -0.05) is 153 Å². The van der Waals surface area contributed by atoms with Crippen LogP contribution in [0.15, 0.2) is 170 Å². The van der Waals surface area contributed by atoms with Crippen molar-refractivity contribution in [3.05, 3.63) is 181 Å². The molecule has 0 saturated carbocycles. The third kappa shape index (κ3) is 4.24. The molecule has 49 heavy (non-hydrogen) atoms. The van der Waals surface area contributed by atoms with E-state index in [1.54, 1.807) is 0 Å². The van der Waals surface area contributed by atoms with Crippen molar-refractivity contribution in [2.75, 3.05) is 0 Å². The van der Waals surface area contributed by atoms with Crippen LogP contribution in [0.25, 0.3) is 87.6 Å². The predicted molar refractivity (Wildman–Crippen MR) is 210 cm³/mol. The Morgan fingerprint density at radius 2 is 0.776 bits per heavy atom. The van der Waals surface area contributed by atoms with Crippen LogP contribution in [0.3, 0.4) is 0 Å². The first-order chi connectivity index (χ1) is 24.0. The summed E-state index contributed by atoms with van der Waals surface area (Å²) in [5.74, 6) is 0. The molecule has 0 unspecified atom stereocenters. The van der Waals surface area contributed by atoms with Crippen molar-refractivity contribution in [1.82, 2.24) is 0 Å². The quantitative estimate of drug-likeness (QED) is 0.172. The fourth-order valence-electron chi connectivity index (χ4n) is 8.55. The van der Waals surface area contributed by atoms with Gasteiger partial charge in [0.15, 0.2) is 0 Å². The van der Waals surface area contributed by atoms with Gasteiger partial charge in [0.2, 0.25) is 0 Å². The second kappa shape index (κ2) is 10.5. The molecule has 0 heteroatoms. The topological polar surface area (TPSA) is 0 Å². The van der Waals surface area contributed by atoms with Gasteiger partial charge in [-0.25, -0.2) is 0 Å². The number of hydrogen-bond donors (Lipinski definition) is 0. The Labute approximate surface area is 286 Å². The number of rotatable bonds is 3. The second-order valence-electron chi connectivity index (χ2n) is 14.1. The Kier molecular flexibility index (Phi) is 6.02. The van der Waals surface area contributed by atoms with Gasteiger partial charge < -0.3 is 0 Å². The average molecular weight is 623 g/mol. The van der Waals surface area contributed by atoms with Crippen molar-refractivity contribution >= 4 is 43.1 Å².